The Hall–Kier alpha value is -3.54. The Morgan fingerprint density at radius 2 is 1.56 bits per heavy atom. The number of nitrogens with zero attached hydrogens (tertiary/aromatic N) is 1. The number of amides is 2. The van der Waals surface area contributed by atoms with Crippen LogP contribution < -0.4 is 0 Å². The van der Waals surface area contributed by atoms with Crippen LogP contribution in [-0.4, -0.2) is 22.8 Å². The minimum Gasteiger partial charge on any atom is -0.324 e. The summed E-state index contributed by atoms with van der Waals surface area (Å²) in [6.07, 6.45) is 0. The van der Waals surface area contributed by atoms with Gasteiger partial charge in [-0.3, -0.25) is 9.59 Å². The van der Waals surface area contributed by atoms with E-state index in [9.17, 15) is 18.8 Å². The Labute approximate surface area is 141 Å². The fourth-order valence-corrected chi connectivity index (χ4v) is 2.81. The lowest BCUT2D eigenvalue weighted by atomic mass is 10.0. The predicted octanol–water partition coefficient (Wildman–Crippen LogP) is 3.35. The Bertz CT molecular complexity index is 1030. The zero-order chi connectivity index (χ0) is 17.6. The SMILES string of the molecule is O=C(ON1C(=O)c2ccccc2C1=O)c1cccc2cc(F)ccc12. The molecule has 0 aromatic heterocycles. The largest absolute Gasteiger partial charge is 0.364 e. The number of rotatable bonds is 2. The van der Waals surface area contributed by atoms with Crippen LogP contribution in [0.1, 0.15) is 31.1 Å². The van der Waals surface area contributed by atoms with Gasteiger partial charge in [-0.15, -0.1) is 0 Å². The molecule has 0 radical (unpaired) electrons. The molecule has 25 heavy (non-hydrogen) atoms. The molecule has 0 aliphatic carbocycles. The summed E-state index contributed by atoms with van der Waals surface area (Å²) in [4.78, 5) is 42.0. The van der Waals surface area contributed by atoms with Gasteiger partial charge in [0.25, 0.3) is 11.8 Å². The van der Waals surface area contributed by atoms with Crippen LogP contribution in [-0.2, 0) is 4.84 Å². The van der Waals surface area contributed by atoms with E-state index in [1.54, 1.807) is 24.3 Å². The topological polar surface area (TPSA) is 63.7 Å². The predicted molar refractivity (Wildman–Crippen MR) is 86.3 cm³/mol. The number of benzene rings is 3. The summed E-state index contributed by atoms with van der Waals surface area (Å²) >= 11 is 0. The molecule has 0 atom stereocenters. The second kappa shape index (κ2) is 5.52. The molecular weight excluding hydrogens is 325 g/mol. The van der Waals surface area contributed by atoms with E-state index in [2.05, 4.69) is 0 Å². The lowest BCUT2D eigenvalue weighted by molar-refractivity contribution is -0.0583. The normalized spacial score (nSPS) is 13.2. The summed E-state index contributed by atoms with van der Waals surface area (Å²) in [6.45, 7) is 0. The monoisotopic (exact) mass is 335 g/mol. The smallest absolute Gasteiger partial charge is 0.324 e. The minimum absolute atomic E-state index is 0.133. The first kappa shape index (κ1) is 15.0. The van der Waals surface area contributed by atoms with Crippen molar-refractivity contribution in [1.29, 1.82) is 0 Å². The number of hydrogen-bond acceptors (Lipinski definition) is 4. The van der Waals surface area contributed by atoms with Crippen LogP contribution in [0.3, 0.4) is 0 Å². The van der Waals surface area contributed by atoms with E-state index < -0.39 is 23.6 Å². The van der Waals surface area contributed by atoms with Crippen molar-refractivity contribution in [3.05, 3.63) is 83.2 Å². The van der Waals surface area contributed by atoms with Crippen molar-refractivity contribution in [1.82, 2.24) is 5.06 Å². The van der Waals surface area contributed by atoms with Crippen LogP contribution >= 0.6 is 0 Å². The Morgan fingerprint density at radius 3 is 2.24 bits per heavy atom. The molecule has 4 rings (SSSR count). The molecule has 3 aromatic rings. The van der Waals surface area contributed by atoms with Crippen LogP contribution in [0.4, 0.5) is 4.39 Å². The van der Waals surface area contributed by atoms with Crippen LogP contribution in [0.5, 0.6) is 0 Å². The number of carbonyl (C=O) groups excluding carboxylic acids is 3. The van der Waals surface area contributed by atoms with E-state index >= 15 is 0 Å². The summed E-state index contributed by atoms with van der Waals surface area (Å²) in [6, 6.07) is 14.9. The summed E-state index contributed by atoms with van der Waals surface area (Å²) in [5, 5.41) is 1.43. The van der Waals surface area contributed by atoms with E-state index in [1.807, 2.05) is 0 Å². The minimum atomic E-state index is -0.869. The lowest BCUT2D eigenvalue weighted by Gasteiger charge is -2.13. The third kappa shape index (κ3) is 2.35. The molecule has 1 heterocycles. The van der Waals surface area contributed by atoms with Gasteiger partial charge < -0.3 is 4.84 Å². The molecule has 0 bridgehead atoms. The highest BCUT2D eigenvalue weighted by atomic mass is 19.1. The maximum absolute atomic E-state index is 13.3. The zero-order valence-electron chi connectivity index (χ0n) is 12.7. The maximum Gasteiger partial charge on any atom is 0.364 e. The first-order chi connectivity index (χ1) is 12.1. The van der Waals surface area contributed by atoms with Gasteiger partial charge in [-0.25, -0.2) is 9.18 Å². The average Bonchev–Trinajstić information content (AvgIpc) is 2.86. The van der Waals surface area contributed by atoms with Crippen LogP contribution in [0, 0.1) is 5.82 Å². The fraction of sp³-hybridized carbons (Fsp3) is 0. The van der Waals surface area contributed by atoms with E-state index in [-0.39, 0.29) is 16.7 Å². The Balaban J connectivity index is 1.68. The molecule has 0 unspecified atom stereocenters. The van der Waals surface area contributed by atoms with Gasteiger partial charge in [-0.05, 0) is 41.1 Å². The van der Waals surface area contributed by atoms with Crippen molar-refractivity contribution in [2.45, 2.75) is 0 Å². The summed E-state index contributed by atoms with van der Waals surface area (Å²) < 4.78 is 13.3. The highest BCUT2D eigenvalue weighted by Crippen LogP contribution is 2.25. The highest BCUT2D eigenvalue weighted by molar-refractivity contribution is 6.21. The third-order valence-electron chi connectivity index (χ3n) is 3.99. The summed E-state index contributed by atoms with van der Waals surface area (Å²) in [5.41, 5.74) is 0.495. The molecule has 1 aliphatic heterocycles. The van der Waals surface area contributed by atoms with Crippen molar-refractivity contribution in [2.24, 2.45) is 0 Å². The second-order valence-corrected chi connectivity index (χ2v) is 5.50. The van der Waals surface area contributed by atoms with Crippen LogP contribution in [0.2, 0.25) is 0 Å². The van der Waals surface area contributed by atoms with Crippen molar-refractivity contribution in [3.8, 4) is 0 Å². The molecule has 2 amide bonds. The number of carbonyl (C=O) groups is 3. The van der Waals surface area contributed by atoms with E-state index in [4.69, 9.17) is 4.84 Å². The molecular formula is C19H10FNO4. The lowest BCUT2D eigenvalue weighted by Crippen LogP contribution is -2.32. The van der Waals surface area contributed by atoms with Crippen LogP contribution in [0.15, 0.2) is 60.7 Å². The van der Waals surface area contributed by atoms with E-state index in [1.165, 1.54) is 36.4 Å². The Morgan fingerprint density at radius 1 is 0.880 bits per heavy atom. The number of halogens is 1. The van der Waals surface area contributed by atoms with E-state index in [0.717, 1.165) is 0 Å². The maximum atomic E-state index is 13.3. The van der Waals surface area contributed by atoms with Gasteiger partial charge in [0.15, 0.2) is 0 Å². The van der Waals surface area contributed by atoms with Crippen molar-refractivity contribution in [3.63, 3.8) is 0 Å². The molecule has 0 fully saturated rings. The molecule has 122 valence electrons. The first-order valence-electron chi connectivity index (χ1n) is 7.44. The van der Waals surface area contributed by atoms with Crippen molar-refractivity contribution >= 4 is 28.6 Å². The molecule has 0 saturated carbocycles. The average molecular weight is 335 g/mol. The third-order valence-corrected chi connectivity index (χ3v) is 3.99. The van der Waals surface area contributed by atoms with Crippen LogP contribution in [0.25, 0.3) is 10.8 Å². The summed E-state index contributed by atoms with van der Waals surface area (Å²) in [7, 11) is 0. The first-order valence-corrected chi connectivity index (χ1v) is 7.44. The van der Waals surface area contributed by atoms with Gasteiger partial charge in [-0.1, -0.05) is 35.4 Å². The zero-order valence-corrected chi connectivity index (χ0v) is 12.7. The van der Waals surface area contributed by atoms with Crippen molar-refractivity contribution in [2.75, 3.05) is 0 Å². The van der Waals surface area contributed by atoms with Gasteiger partial charge in [0.2, 0.25) is 0 Å². The number of imide groups is 1. The van der Waals surface area contributed by atoms with Gasteiger partial charge in [0, 0.05) is 0 Å². The van der Waals surface area contributed by atoms with Gasteiger partial charge in [-0.2, -0.15) is 0 Å². The Kier molecular flexibility index (Phi) is 3.32. The molecule has 5 nitrogen and oxygen atoms in total. The molecule has 1 aliphatic rings. The van der Waals surface area contributed by atoms with Gasteiger partial charge in [0.05, 0.1) is 16.7 Å². The fourth-order valence-electron chi connectivity index (χ4n) is 2.81. The van der Waals surface area contributed by atoms with Crippen molar-refractivity contribution < 1.29 is 23.6 Å². The number of hydroxylamine groups is 2. The quantitative estimate of drug-likeness (QED) is 0.674. The highest BCUT2D eigenvalue weighted by Gasteiger charge is 2.38. The number of fused-ring (bicyclic) bond motifs is 2. The molecule has 0 spiro atoms. The number of hydrogen-bond donors (Lipinski definition) is 0. The second-order valence-electron chi connectivity index (χ2n) is 5.50. The standard InChI is InChI=1S/C19H10FNO4/c20-12-8-9-13-11(10-12)4-3-7-16(13)19(24)25-21-17(22)14-5-1-2-6-15(14)18(21)23/h1-10H. The molecule has 6 heteroatoms. The summed E-state index contributed by atoms with van der Waals surface area (Å²) in [5.74, 6) is -2.69. The molecule has 0 N–H and O–H groups in total. The molecule has 3 aromatic carbocycles. The van der Waals surface area contributed by atoms with Gasteiger partial charge >= 0.3 is 5.97 Å². The molecule has 0 saturated heterocycles. The van der Waals surface area contributed by atoms with E-state index in [0.29, 0.717) is 15.8 Å². The van der Waals surface area contributed by atoms with Gasteiger partial charge in [0.1, 0.15) is 5.82 Å².